The lowest BCUT2D eigenvalue weighted by atomic mass is 9.86. The van der Waals surface area contributed by atoms with Gasteiger partial charge in [0.15, 0.2) is 0 Å². The molecule has 1 aliphatic carbocycles. The van der Waals surface area contributed by atoms with Gasteiger partial charge in [0.2, 0.25) is 5.88 Å². The molecule has 1 N–H and O–H groups in total. The van der Waals surface area contributed by atoms with Crippen molar-refractivity contribution in [1.29, 1.82) is 0 Å². The number of halogens is 1. The average Bonchev–Trinajstić information content (AvgIpc) is 3.38. The molecule has 4 aromatic rings. The van der Waals surface area contributed by atoms with E-state index in [1.165, 1.54) is 9.95 Å². The van der Waals surface area contributed by atoms with Crippen molar-refractivity contribution in [2.75, 3.05) is 13.7 Å². The van der Waals surface area contributed by atoms with E-state index >= 15 is 0 Å². The molecule has 0 radical (unpaired) electrons. The SMILES string of the molecule is CCOC(=O)C1CCc2c(sc3nc(Cn4c(O)csc4=O)c(Cl)c(-c4ccc(OC)cc4)c23)C1. The molecule has 1 atom stereocenters. The number of aromatic hydroxyl groups is 1. The summed E-state index contributed by atoms with van der Waals surface area (Å²) in [5, 5.41) is 13.0. The summed E-state index contributed by atoms with van der Waals surface area (Å²) in [6, 6.07) is 7.66. The molecule has 182 valence electrons. The zero-order valence-corrected chi connectivity index (χ0v) is 21.6. The highest BCUT2D eigenvalue weighted by Crippen LogP contribution is 2.46. The van der Waals surface area contributed by atoms with Gasteiger partial charge in [0, 0.05) is 15.8 Å². The molecule has 5 rings (SSSR count). The Balaban J connectivity index is 1.68. The van der Waals surface area contributed by atoms with Crippen molar-refractivity contribution in [2.24, 2.45) is 5.92 Å². The molecule has 1 unspecified atom stereocenters. The highest BCUT2D eigenvalue weighted by Gasteiger charge is 2.31. The number of fused-ring (bicyclic) bond motifs is 3. The second kappa shape index (κ2) is 9.64. The first-order valence-corrected chi connectivity index (χ1v) is 13.3. The van der Waals surface area contributed by atoms with E-state index in [-0.39, 0.29) is 29.2 Å². The zero-order chi connectivity index (χ0) is 24.7. The van der Waals surface area contributed by atoms with Crippen molar-refractivity contribution in [3.63, 3.8) is 0 Å². The van der Waals surface area contributed by atoms with Crippen LogP contribution in [0, 0.1) is 5.92 Å². The fraction of sp³-hybridized carbons (Fsp3) is 0.320. The van der Waals surface area contributed by atoms with Crippen LogP contribution in [0.5, 0.6) is 11.6 Å². The number of thiophene rings is 1. The van der Waals surface area contributed by atoms with Crippen LogP contribution in [0.1, 0.15) is 29.5 Å². The van der Waals surface area contributed by atoms with E-state index in [4.69, 9.17) is 26.1 Å². The van der Waals surface area contributed by atoms with Crippen LogP contribution in [0.25, 0.3) is 21.3 Å². The number of hydrogen-bond acceptors (Lipinski definition) is 8. The summed E-state index contributed by atoms with van der Waals surface area (Å²) in [5.74, 6) is 0.280. The van der Waals surface area contributed by atoms with E-state index in [0.717, 1.165) is 55.3 Å². The van der Waals surface area contributed by atoms with E-state index in [9.17, 15) is 14.7 Å². The molecule has 0 aliphatic heterocycles. The maximum Gasteiger partial charge on any atom is 0.310 e. The standard InChI is InChI=1S/C25H23ClN2O5S2/c1-3-33-24(30)14-6-9-16-18(10-14)35-23-21(16)20(13-4-7-15(32-2)8-5-13)22(26)17(27-23)11-28-19(29)12-34-25(28)31/h4-5,7-8,12,14,29H,3,6,9-11H2,1-2H3. The van der Waals surface area contributed by atoms with Crippen molar-refractivity contribution < 1.29 is 19.4 Å². The van der Waals surface area contributed by atoms with Gasteiger partial charge in [-0.05, 0) is 49.4 Å². The Labute approximate surface area is 214 Å². The zero-order valence-electron chi connectivity index (χ0n) is 19.2. The third kappa shape index (κ3) is 4.32. The van der Waals surface area contributed by atoms with Crippen LogP contribution in [-0.2, 0) is 28.9 Å². The third-order valence-electron chi connectivity index (χ3n) is 6.27. The van der Waals surface area contributed by atoms with Crippen LogP contribution in [0.2, 0.25) is 5.02 Å². The first-order chi connectivity index (χ1) is 16.9. The van der Waals surface area contributed by atoms with Gasteiger partial charge in [0.25, 0.3) is 0 Å². The Hall–Kier alpha value is -2.88. The van der Waals surface area contributed by atoms with Gasteiger partial charge < -0.3 is 14.6 Å². The largest absolute Gasteiger partial charge is 0.497 e. The molecule has 0 saturated heterocycles. The minimum Gasteiger partial charge on any atom is -0.497 e. The van der Waals surface area contributed by atoms with E-state index in [2.05, 4.69) is 0 Å². The fourth-order valence-corrected chi connectivity index (χ4v) is 6.80. The minimum atomic E-state index is -0.283. The Morgan fingerprint density at radius 1 is 1.31 bits per heavy atom. The van der Waals surface area contributed by atoms with Crippen LogP contribution in [0.3, 0.4) is 0 Å². The Morgan fingerprint density at radius 3 is 2.74 bits per heavy atom. The molecule has 0 saturated carbocycles. The summed E-state index contributed by atoms with van der Waals surface area (Å²) in [7, 11) is 1.62. The Morgan fingerprint density at radius 2 is 2.09 bits per heavy atom. The van der Waals surface area contributed by atoms with Crippen molar-refractivity contribution in [1.82, 2.24) is 9.55 Å². The summed E-state index contributed by atoms with van der Waals surface area (Å²) in [6.45, 7) is 2.24. The molecule has 10 heteroatoms. The number of rotatable bonds is 6. The predicted octanol–water partition coefficient (Wildman–Crippen LogP) is 5.27. The molecule has 35 heavy (non-hydrogen) atoms. The number of thiazole rings is 1. The summed E-state index contributed by atoms with van der Waals surface area (Å²) in [6.07, 6.45) is 2.04. The smallest absolute Gasteiger partial charge is 0.310 e. The van der Waals surface area contributed by atoms with Crippen LogP contribution in [0.4, 0.5) is 0 Å². The van der Waals surface area contributed by atoms with Crippen molar-refractivity contribution >= 4 is 50.5 Å². The monoisotopic (exact) mass is 530 g/mol. The Bertz CT molecular complexity index is 1470. The van der Waals surface area contributed by atoms with Crippen molar-refractivity contribution in [3.05, 3.63) is 60.5 Å². The number of hydrogen-bond donors (Lipinski definition) is 1. The maximum absolute atomic E-state index is 12.4. The van der Waals surface area contributed by atoms with Gasteiger partial charge in [-0.3, -0.25) is 14.2 Å². The number of aromatic nitrogens is 2. The maximum atomic E-state index is 12.4. The molecule has 3 aromatic heterocycles. The second-order valence-electron chi connectivity index (χ2n) is 8.30. The van der Waals surface area contributed by atoms with Gasteiger partial charge >= 0.3 is 10.8 Å². The number of pyridine rings is 1. The van der Waals surface area contributed by atoms with Crippen molar-refractivity contribution in [3.8, 4) is 22.8 Å². The van der Waals surface area contributed by atoms with Crippen molar-refractivity contribution in [2.45, 2.75) is 32.7 Å². The van der Waals surface area contributed by atoms with E-state index in [1.54, 1.807) is 18.4 Å². The van der Waals surface area contributed by atoms with E-state index in [1.807, 2.05) is 31.2 Å². The highest BCUT2D eigenvalue weighted by atomic mass is 35.5. The lowest BCUT2D eigenvalue weighted by Gasteiger charge is -2.21. The molecular weight excluding hydrogens is 508 g/mol. The quantitative estimate of drug-likeness (QED) is 0.341. The van der Waals surface area contributed by atoms with Gasteiger partial charge in [-0.15, -0.1) is 11.3 Å². The number of ether oxygens (including phenoxy) is 2. The lowest BCUT2D eigenvalue weighted by molar-refractivity contribution is -0.148. The summed E-state index contributed by atoms with van der Waals surface area (Å²) >= 11 is 9.46. The third-order valence-corrected chi connectivity index (χ3v) is 8.58. The van der Waals surface area contributed by atoms with Crippen LogP contribution < -0.4 is 9.61 Å². The molecule has 3 heterocycles. The summed E-state index contributed by atoms with van der Waals surface area (Å²) < 4.78 is 11.8. The molecule has 0 bridgehead atoms. The van der Waals surface area contributed by atoms with Gasteiger partial charge in [-0.1, -0.05) is 35.1 Å². The Kier molecular flexibility index (Phi) is 6.57. The molecular formula is C25H23ClN2O5S2. The number of carbonyl (C=O) groups is 1. The first kappa shape index (κ1) is 23.8. The van der Waals surface area contributed by atoms with E-state index in [0.29, 0.717) is 30.2 Å². The predicted molar refractivity (Wildman–Crippen MR) is 138 cm³/mol. The first-order valence-electron chi connectivity index (χ1n) is 11.2. The van der Waals surface area contributed by atoms with Gasteiger partial charge in [0.05, 0.1) is 42.3 Å². The number of aryl methyl sites for hydroxylation is 1. The molecule has 0 spiro atoms. The summed E-state index contributed by atoms with van der Waals surface area (Å²) in [5.41, 5.74) is 3.40. The average molecular weight is 531 g/mol. The molecule has 0 fully saturated rings. The summed E-state index contributed by atoms with van der Waals surface area (Å²) in [4.78, 5) is 31.1. The highest BCUT2D eigenvalue weighted by molar-refractivity contribution is 7.19. The number of benzene rings is 1. The number of esters is 1. The molecule has 1 aromatic carbocycles. The molecule has 1 aliphatic rings. The lowest BCUT2D eigenvalue weighted by Crippen LogP contribution is -2.23. The minimum absolute atomic E-state index is 0.0557. The van der Waals surface area contributed by atoms with Gasteiger partial charge in [-0.25, -0.2) is 4.98 Å². The number of carbonyl (C=O) groups excluding carboxylic acids is 1. The van der Waals surface area contributed by atoms with Crippen LogP contribution in [-0.4, -0.2) is 34.3 Å². The van der Waals surface area contributed by atoms with Gasteiger partial charge in [-0.2, -0.15) is 0 Å². The van der Waals surface area contributed by atoms with E-state index < -0.39 is 0 Å². The van der Waals surface area contributed by atoms with Crippen LogP contribution >= 0.6 is 34.3 Å². The number of methoxy groups -OCH3 is 1. The van der Waals surface area contributed by atoms with Gasteiger partial charge in [0.1, 0.15) is 10.6 Å². The second-order valence-corrected chi connectivity index (χ2v) is 10.6. The molecule has 0 amide bonds. The number of nitrogens with zero attached hydrogens (tertiary/aromatic N) is 2. The van der Waals surface area contributed by atoms with Crippen LogP contribution in [0.15, 0.2) is 34.4 Å². The topological polar surface area (TPSA) is 90.6 Å². The normalized spacial score (nSPS) is 15.2. The molecule has 7 nitrogen and oxygen atoms in total. The fourth-order valence-electron chi connectivity index (χ4n) is 4.55.